The minimum Gasteiger partial charge on any atom is -0.276 e. The summed E-state index contributed by atoms with van der Waals surface area (Å²) in [6, 6.07) is 0. The quantitative estimate of drug-likeness (QED) is 0.557. The lowest BCUT2D eigenvalue weighted by Crippen LogP contribution is -2.07. The molecule has 0 bridgehead atoms. The van der Waals surface area contributed by atoms with Gasteiger partial charge in [0.2, 0.25) is 0 Å². The molecular weight excluding hydrogens is 164 g/mol. The summed E-state index contributed by atoms with van der Waals surface area (Å²) in [4.78, 5) is 0. The molecule has 0 aliphatic carbocycles. The highest BCUT2D eigenvalue weighted by atomic mass is 15.3. The van der Waals surface area contributed by atoms with Crippen molar-refractivity contribution in [1.29, 1.82) is 0 Å². The Morgan fingerprint density at radius 3 is 2.69 bits per heavy atom. The normalized spacial score (nSPS) is 12.3. The van der Waals surface area contributed by atoms with Crippen LogP contribution < -0.4 is 5.43 Å². The zero-order valence-electron chi connectivity index (χ0n) is 8.57. The van der Waals surface area contributed by atoms with Gasteiger partial charge >= 0.3 is 0 Å². The number of aromatic nitrogens is 2. The molecule has 0 fully saturated rings. The van der Waals surface area contributed by atoms with Gasteiger partial charge in [-0.2, -0.15) is 10.2 Å². The van der Waals surface area contributed by atoms with Gasteiger partial charge in [0.1, 0.15) is 0 Å². The standard InChI is InChI=1S/C9H16N4/c1-9(2,3)7-10-12-8-5-11-13(4)6-8/h5-7,12H,1-4H3/b10-7+. The number of anilines is 1. The smallest absolute Gasteiger partial charge is 0.0941 e. The van der Waals surface area contributed by atoms with Crippen LogP contribution in [0.1, 0.15) is 20.8 Å². The lowest BCUT2D eigenvalue weighted by atomic mass is 9.99. The third-order valence-corrected chi connectivity index (χ3v) is 1.35. The molecular formula is C9H16N4. The zero-order chi connectivity index (χ0) is 9.90. The number of hydrogen-bond acceptors (Lipinski definition) is 3. The van der Waals surface area contributed by atoms with Crippen LogP contribution in [-0.4, -0.2) is 16.0 Å². The number of nitrogens with zero attached hydrogens (tertiary/aromatic N) is 3. The van der Waals surface area contributed by atoms with E-state index in [9.17, 15) is 0 Å². The maximum atomic E-state index is 4.10. The Balaban J connectivity index is 2.48. The van der Waals surface area contributed by atoms with Gasteiger partial charge in [-0.15, -0.1) is 0 Å². The van der Waals surface area contributed by atoms with E-state index in [1.807, 2.05) is 19.5 Å². The molecule has 0 radical (unpaired) electrons. The number of aryl methyl sites for hydroxylation is 1. The van der Waals surface area contributed by atoms with Crippen molar-refractivity contribution in [2.45, 2.75) is 20.8 Å². The average Bonchev–Trinajstić information content (AvgIpc) is 2.33. The highest BCUT2D eigenvalue weighted by Crippen LogP contribution is 2.09. The van der Waals surface area contributed by atoms with Crippen LogP contribution in [0.2, 0.25) is 0 Å². The largest absolute Gasteiger partial charge is 0.276 e. The predicted octanol–water partition coefficient (Wildman–Crippen LogP) is 1.86. The average molecular weight is 180 g/mol. The molecule has 0 saturated heterocycles. The van der Waals surface area contributed by atoms with E-state index < -0.39 is 0 Å². The molecule has 13 heavy (non-hydrogen) atoms. The molecule has 1 heterocycles. The summed E-state index contributed by atoms with van der Waals surface area (Å²) < 4.78 is 1.73. The number of rotatable bonds is 2. The van der Waals surface area contributed by atoms with Gasteiger partial charge in [-0.1, -0.05) is 20.8 Å². The zero-order valence-corrected chi connectivity index (χ0v) is 8.57. The molecule has 0 unspecified atom stereocenters. The molecule has 0 amide bonds. The van der Waals surface area contributed by atoms with E-state index in [1.165, 1.54) is 0 Å². The number of hydrogen-bond donors (Lipinski definition) is 1. The lowest BCUT2D eigenvalue weighted by Gasteiger charge is -2.09. The second-order valence-electron chi connectivity index (χ2n) is 4.14. The summed E-state index contributed by atoms with van der Waals surface area (Å²) in [7, 11) is 1.87. The SMILES string of the molecule is Cn1cc(N/N=C/C(C)(C)C)cn1. The van der Waals surface area contributed by atoms with Crippen LogP contribution in [0.4, 0.5) is 5.69 Å². The van der Waals surface area contributed by atoms with Gasteiger partial charge in [-0.05, 0) is 5.41 Å². The molecule has 0 aliphatic heterocycles. The molecule has 72 valence electrons. The Morgan fingerprint density at radius 2 is 2.23 bits per heavy atom. The Labute approximate surface area is 78.6 Å². The molecule has 1 aromatic rings. The van der Waals surface area contributed by atoms with Crippen molar-refractivity contribution in [3.8, 4) is 0 Å². The van der Waals surface area contributed by atoms with Crippen molar-refractivity contribution in [3.63, 3.8) is 0 Å². The molecule has 1 N–H and O–H groups in total. The van der Waals surface area contributed by atoms with Gasteiger partial charge in [-0.25, -0.2) is 0 Å². The van der Waals surface area contributed by atoms with Crippen molar-refractivity contribution in [3.05, 3.63) is 12.4 Å². The van der Waals surface area contributed by atoms with Crippen molar-refractivity contribution in [2.24, 2.45) is 17.6 Å². The van der Waals surface area contributed by atoms with Gasteiger partial charge < -0.3 is 0 Å². The first-order valence-electron chi connectivity index (χ1n) is 4.26. The first-order chi connectivity index (χ1) is 5.97. The lowest BCUT2D eigenvalue weighted by molar-refractivity contribution is 0.606. The van der Waals surface area contributed by atoms with Gasteiger partial charge in [0.05, 0.1) is 11.9 Å². The third-order valence-electron chi connectivity index (χ3n) is 1.35. The molecule has 1 aromatic heterocycles. The third kappa shape index (κ3) is 3.73. The molecule has 1 rings (SSSR count). The Kier molecular flexibility index (Phi) is 2.70. The van der Waals surface area contributed by atoms with E-state index >= 15 is 0 Å². The molecule has 0 saturated carbocycles. The van der Waals surface area contributed by atoms with Crippen LogP contribution in [0.25, 0.3) is 0 Å². The first-order valence-corrected chi connectivity index (χ1v) is 4.26. The van der Waals surface area contributed by atoms with Crippen molar-refractivity contribution in [1.82, 2.24) is 9.78 Å². The predicted molar refractivity (Wildman–Crippen MR) is 54.8 cm³/mol. The fraction of sp³-hybridized carbons (Fsp3) is 0.556. The molecule has 0 spiro atoms. The summed E-state index contributed by atoms with van der Waals surface area (Å²) in [5.41, 5.74) is 3.92. The minimum atomic E-state index is 0.106. The first kappa shape index (κ1) is 9.77. The van der Waals surface area contributed by atoms with Crippen molar-refractivity contribution < 1.29 is 0 Å². The van der Waals surface area contributed by atoms with E-state index in [2.05, 4.69) is 36.4 Å². The summed E-state index contributed by atoms with van der Waals surface area (Å²) in [5.74, 6) is 0. The van der Waals surface area contributed by atoms with Crippen molar-refractivity contribution >= 4 is 11.9 Å². The van der Waals surface area contributed by atoms with Crippen LogP contribution in [0, 0.1) is 5.41 Å². The van der Waals surface area contributed by atoms with E-state index in [4.69, 9.17) is 0 Å². The number of nitrogens with one attached hydrogen (secondary N) is 1. The van der Waals surface area contributed by atoms with E-state index in [0.717, 1.165) is 5.69 Å². The molecule has 0 aliphatic rings. The topological polar surface area (TPSA) is 42.2 Å². The van der Waals surface area contributed by atoms with Gasteiger partial charge in [0, 0.05) is 19.5 Å². The Morgan fingerprint density at radius 1 is 1.54 bits per heavy atom. The summed E-state index contributed by atoms with van der Waals surface area (Å²) in [6.07, 6.45) is 5.49. The van der Waals surface area contributed by atoms with Gasteiger partial charge in [0.25, 0.3) is 0 Å². The second-order valence-corrected chi connectivity index (χ2v) is 4.14. The van der Waals surface area contributed by atoms with Crippen molar-refractivity contribution in [2.75, 3.05) is 5.43 Å². The maximum Gasteiger partial charge on any atom is 0.0941 e. The van der Waals surface area contributed by atoms with Gasteiger partial charge in [-0.3, -0.25) is 10.1 Å². The summed E-state index contributed by atoms with van der Waals surface area (Å²) >= 11 is 0. The monoisotopic (exact) mass is 180 g/mol. The molecule has 4 nitrogen and oxygen atoms in total. The van der Waals surface area contributed by atoms with Crippen LogP contribution in [0.15, 0.2) is 17.5 Å². The van der Waals surface area contributed by atoms with Crippen LogP contribution in [-0.2, 0) is 7.05 Å². The summed E-state index contributed by atoms with van der Waals surface area (Å²) in [5, 5.41) is 8.11. The highest BCUT2D eigenvalue weighted by Gasteiger charge is 2.04. The fourth-order valence-corrected chi connectivity index (χ4v) is 0.779. The molecule has 4 heteroatoms. The fourth-order valence-electron chi connectivity index (χ4n) is 0.779. The van der Waals surface area contributed by atoms with E-state index in [-0.39, 0.29) is 5.41 Å². The van der Waals surface area contributed by atoms with Gasteiger partial charge in [0.15, 0.2) is 0 Å². The van der Waals surface area contributed by atoms with Crippen LogP contribution in [0.5, 0.6) is 0 Å². The Bertz CT molecular complexity index is 293. The summed E-state index contributed by atoms with van der Waals surface area (Å²) in [6.45, 7) is 6.30. The van der Waals surface area contributed by atoms with Crippen LogP contribution in [0.3, 0.4) is 0 Å². The molecule has 0 atom stereocenters. The number of hydrazone groups is 1. The second kappa shape index (κ2) is 3.60. The highest BCUT2D eigenvalue weighted by molar-refractivity contribution is 5.65. The Hall–Kier alpha value is -1.32. The van der Waals surface area contributed by atoms with E-state index in [1.54, 1.807) is 10.9 Å². The van der Waals surface area contributed by atoms with Crippen LogP contribution >= 0.6 is 0 Å². The molecule has 0 aromatic carbocycles. The maximum absolute atomic E-state index is 4.10. The minimum absolute atomic E-state index is 0.106. The van der Waals surface area contributed by atoms with E-state index in [0.29, 0.717) is 0 Å².